The molecule has 0 aliphatic carbocycles. The van der Waals surface area contributed by atoms with Crippen LogP contribution in [0.25, 0.3) is 21.3 Å². The second-order valence-electron chi connectivity index (χ2n) is 7.76. The van der Waals surface area contributed by atoms with Gasteiger partial charge in [0, 0.05) is 47.8 Å². The minimum Gasteiger partial charge on any atom is -0.486 e. The molecule has 7 heteroatoms. The van der Waals surface area contributed by atoms with E-state index in [-0.39, 0.29) is 0 Å². The second-order valence-corrected chi connectivity index (χ2v) is 8.95. The predicted octanol–water partition coefficient (Wildman–Crippen LogP) is 5.34. The predicted molar refractivity (Wildman–Crippen MR) is 128 cm³/mol. The Kier molecular flexibility index (Phi) is 5.76. The van der Waals surface area contributed by atoms with E-state index < -0.39 is 0 Å². The minimum atomic E-state index is 0.340. The van der Waals surface area contributed by atoms with Crippen molar-refractivity contribution < 1.29 is 4.74 Å². The van der Waals surface area contributed by atoms with E-state index in [1.54, 1.807) is 0 Å². The van der Waals surface area contributed by atoms with Gasteiger partial charge in [-0.2, -0.15) is 4.37 Å². The summed E-state index contributed by atoms with van der Waals surface area (Å²) in [5.74, 6) is 1.51. The molecule has 5 rings (SSSR count). The summed E-state index contributed by atoms with van der Waals surface area (Å²) >= 11 is 7.35. The smallest absolute Gasteiger partial charge is 0.180 e. The van der Waals surface area contributed by atoms with Crippen LogP contribution < -0.4 is 9.64 Å². The fourth-order valence-electron chi connectivity index (χ4n) is 3.82. The van der Waals surface area contributed by atoms with Crippen molar-refractivity contribution in [1.29, 1.82) is 0 Å². The highest BCUT2D eigenvalue weighted by atomic mass is 35.5. The molecule has 0 spiro atoms. The molecule has 1 saturated heterocycles. The quantitative estimate of drug-likeness (QED) is 0.410. The summed E-state index contributed by atoms with van der Waals surface area (Å²) in [7, 11) is 2.18. The first-order valence-electron chi connectivity index (χ1n) is 10.3. The Morgan fingerprint density at radius 3 is 2.61 bits per heavy atom. The van der Waals surface area contributed by atoms with E-state index in [4.69, 9.17) is 16.3 Å². The van der Waals surface area contributed by atoms with Crippen LogP contribution in [0.3, 0.4) is 0 Å². The molecule has 0 unspecified atom stereocenters. The zero-order valence-electron chi connectivity index (χ0n) is 17.3. The summed E-state index contributed by atoms with van der Waals surface area (Å²) in [4.78, 5) is 9.45. The third-order valence-electron chi connectivity index (χ3n) is 5.60. The Hall–Kier alpha value is -2.67. The molecule has 0 atom stereocenters. The molecule has 2 heterocycles. The average Bonchev–Trinajstić information content (AvgIpc) is 3.27. The lowest BCUT2D eigenvalue weighted by Crippen LogP contribution is -2.44. The number of benzene rings is 3. The van der Waals surface area contributed by atoms with Crippen molar-refractivity contribution in [2.75, 3.05) is 38.1 Å². The van der Waals surface area contributed by atoms with Crippen LogP contribution in [0.1, 0.15) is 5.82 Å². The molecule has 1 aliphatic rings. The van der Waals surface area contributed by atoms with E-state index in [0.29, 0.717) is 17.5 Å². The summed E-state index contributed by atoms with van der Waals surface area (Å²) in [5.41, 5.74) is 2.28. The topological polar surface area (TPSA) is 41.5 Å². The van der Waals surface area contributed by atoms with Crippen molar-refractivity contribution in [2.24, 2.45) is 0 Å². The largest absolute Gasteiger partial charge is 0.486 e. The van der Waals surface area contributed by atoms with Gasteiger partial charge in [-0.15, -0.1) is 0 Å². The first kappa shape index (κ1) is 20.2. The number of anilines is 1. The summed E-state index contributed by atoms with van der Waals surface area (Å²) in [6.45, 7) is 4.58. The summed E-state index contributed by atoms with van der Waals surface area (Å²) in [5, 5.41) is 4.02. The lowest BCUT2D eigenvalue weighted by atomic mass is 10.1. The van der Waals surface area contributed by atoms with Gasteiger partial charge < -0.3 is 14.5 Å². The van der Waals surface area contributed by atoms with Gasteiger partial charge >= 0.3 is 0 Å². The lowest BCUT2D eigenvalue weighted by molar-refractivity contribution is 0.298. The van der Waals surface area contributed by atoms with Crippen LogP contribution in [0, 0.1) is 0 Å². The number of halogens is 1. The number of hydrogen-bond donors (Lipinski definition) is 0. The van der Waals surface area contributed by atoms with E-state index in [1.807, 2.05) is 30.3 Å². The first-order chi connectivity index (χ1) is 15.2. The third-order valence-corrected chi connectivity index (χ3v) is 6.66. The van der Waals surface area contributed by atoms with Gasteiger partial charge in [-0.1, -0.05) is 41.9 Å². The van der Waals surface area contributed by atoms with Crippen LogP contribution in [0.2, 0.25) is 5.02 Å². The third kappa shape index (κ3) is 4.51. The second kappa shape index (κ2) is 8.83. The van der Waals surface area contributed by atoms with E-state index in [0.717, 1.165) is 42.5 Å². The molecule has 1 aliphatic heterocycles. The molecule has 4 aromatic rings. The molecule has 3 aromatic carbocycles. The highest BCUT2D eigenvalue weighted by molar-refractivity contribution is 7.09. The normalized spacial score (nSPS) is 14.8. The van der Waals surface area contributed by atoms with Crippen LogP contribution in [-0.2, 0) is 6.61 Å². The molecule has 0 amide bonds. The number of nitrogens with zero attached hydrogens (tertiary/aromatic N) is 4. The van der Waals surface area contributed by atoms with Crippen LogP contribution in [-0.4, -0.2) is 47.5 Å². The first-order valence-corrected chi connectivity index (χ1v) is 11.5. The molecule has 1 aromatic heterocycles. The molecule has 0 bridgehead atoms. The summed E-state index contributed by atoms with van der Waals surface area (Å²) in [6.07, 6.45) is 0. The molecule has 0 saturated carbocycles. The molecular formula is C24H23ClN4OS. The fourth-order valence-corrected chi connectivity index (χ4v) is 4.62. The Morgan fingerprint density at radius 2 is 1.81 bits per heavy atom. The highest BCUT2D eigenvalue weighted by Crippen LogP contribution is 2.31. The van der Waals surface area contributed by atoms with Crippen LogP contribution >= 0.6 is 23.1 Å². The maximum Gasteiger partial charge on any atom is 0.180 e. The van der Waals surface area contributed by atoms with Crippen molar-refractivity contribution >= 4 is 39.6 Å². The van der Waals surface area contributed by atoms with Gasteiger partial charge in [0.15, 0.2) is 5.82 Å². The van der Waals surface area contributed by atoms with Crippen molar-refractivity contribution in [1.82, 2.24) is 14.3 Å². The number of aromatic nitrogens is 2. The van der Waals surface area contributed by atoms with Gasteiger partial charge in [0.1, 0.15) is 17.4 Å². The number of rotatable bonds is 5. The molecule has 158 valence electrons. The Balaban J connectivity index is 1.33. The van der Waals surface area contributed by atoms with E-state index in [9.17, 15) is 0 Å². The van der Waals surface area contributed by atoms with Gasteiger partial charge in [0.25, 0.3) is 0 Å². The monoisotopic (exact) mass is 450 g/mol. The average molecular weight is 451 g/mol. The number of hydrogen-bond acceptors (Lipinski definition) is 6. The number of likely N-dealkylation sites (N-methyl/N-ethyl adjacent to an activating group) is 1. The molecule has 0 radical (unpaired) electrons. The van der Waals surface area contributed by atoms with Gasteiger partial charge in [0.05, 0.1) is 0 Å². The van der Waals surface area contributed by atoms with Gasteiger partial charge in [-0.05, 0) is 54.3 Å². The van der Waals surface area contributed by atoms with Crippen molar-refractivity contribution in [2.45, 2.75) is 6.61 Å². The van der Waals surface area contributed by atoms with Crippen molar-refractivity contribution in [3.8, 4) is 16.3 Å². The zero-order valence-corrected chi connectivity index (χ0v) is 18.9. The molecule has 5 nitrogen and oxygen atoms in total. The maximum absolute atomic E-state index is 6.06. The van der Waals surface area contributed by atoms with Gasteiger partial charge in [0.2, 0.25) is 0 Å². The summed E-state index contributed by atoms with van der Waals surface area (Å²) in [6, 6.07) is 20.4. The molecule has 1 fully saturated rings. The lowest BCUT2D eigenvalue weighted by Gasteiger charge is -2.34. The minimum absolute atomic E-state index is 0.340. The standard InChI is InChI=1S/C24H23ClN4OS/c1-28-11-13-29(14-12-28)22-4-2-3-17-7-10-20(15-21(17)22)30-16-23-26-24(31-27-23)18-5-8-19(25)9-6-18/h2-10,15H,11-14,16H2,1H3. The molecule has 0 N–H and O–H groups in total. The van der Waals surface area contributed by atoms with Gasteiger partial charge in [-0.3, -0.25) is 0 Å². The van der Waals surface area contributed by atoms with Crippen LogP contribution in [0.15, 0.2) is 60.7 Å². The zero-order chi connectivity index (χ0) is 21.2. The Morgan fingerprint density at radius 1 is 1.00 bits per heavy atom. The molecule has 31 heavy (non-hydrogen) atoms. The Labute approximate surface area is 191 Å². The van der Waals surface area contributed by atoms with Crippen molar-refractivity contribution in [3.63, 3.8) is 0 Å². The van der Waals surface area contributed by atoms with Crippen molar-refractivity contribution in [3.05, 3.63) is 71.5 Å². The van der Waals surface area contributed by atoms with Crippen LogP contribution in [0.4, 0.5) is 5.69 Å². The fraction of sp³-hybridized carbons (Fsp3) is 0.250. The van der Waals surface area contributed by atoms with E-state index in [2.05, 4.69) is 56.5 Å². The highest BCUT2D eigenvalue weighted by Gasteiger charge is 2.16. The molecular weight excluding hydrogens is 428 g/mol. The maximum atomic E-state index is 6.06. The number of fused-ring (bicyclic) bond motifs is 1. The van der Waals surface area contributed by atoms with E-state index in [1.165, 1.54) is 28.0 Å². The number of ether oxygens (including phenoxy) is 1. The van der Waals surface area contributed by atoms with E-state index >= 15 is 0 Å². The summed E-state index contributed by atoms with van der Waals surface area (Å²) < 4.78 is 10.5. The Bertz CT molecular complexity index is 1190. The SMILES string of the molecule is CN1CCN(c2cccc3ccc(OCc4nsc(-c5ccc(Cl)cc5)n4)cc23)CC1. The van der Waals surface area contributed by atoms with Crippen LogP contribution in [0.5, 0.6) is 5.75 Å². The van der Waals surface area contributed by atoms with Gasteiger partial charge in [-0.25, -0.2) is 4.98 Å². The number of piperazine rings is 1.